The molecule has 0 bridgehead atoms. The minimum Gasteiger partial charge on any atom is -0.352 e. The van der Waals surface area contributed by atoms with Gasteiger partial charge in [0.15, 0.2) is 0 Å². The van der Waals surface area contributed by atoms with E-state index in [-0.39, 0.29) is 30.4 Å². The zero-order valence-electron chi connectivity index (χ0n) is 19.0. The highest BCUT2D eigenvalue weighted by molar-refractivity contribution is 6.03. The number of urea groups is 1. The van der Waals surface area contributed by atoms with Gasteiger partial charge in [0.05, 0.1) is 23.9 Å². The first-order valence-electron chi connectivity index (χ1n) is 11.7. The van der Waals surface area contributed by atoms with Gasteiger partial charge in [-0.05, 0) is 43.0 Å². The summed E-state index contributed by atoms with van der Waals surface area (Å²) in [4.78, 5) is 43.1. The first-order chi connectivity index (χ1) is 16.5. The second-order valence-corrected chi connectivity index (χ2v) is 8.96. The molecule has 4 amide bonds. The van der Waals surface area contributed by atoms with Gasteiger partial charge < -0.3 is 15.5 Å². The zero-order chi connectivity index (χ0) is 23.8. The molecule has 1 saturated carbocycles. The van der Waals surface area contributed by atoms with Gasteiger partial charge in [0.1, 0.15) is 11.9 Å². The van der Waals surface area contributed by atoms with E-state index in [2.05, 4.69) is 10.6 Å². The molecule has 2 aliphatic heterocycles. The van der Waals surface area contributed by atoms with Crippen molar-refractivity contribution in [1.82, 2.24) is 20.4 Å². The fourth-order valence-electron chi connectivity index (χ4n) is 4.71. The zero-order valence-corrected chi connectivity index (χ0v) is 19.0. The normalized spacial score (nSPS) is 20.8. The van der Waals surface area contributed by atoms with E-state index in [0.29, 0.717) is 29.8 Å². The van der Waals surface area contributed by atoms with Crippen LogP contribution in [0.5, 0.6) is 0 Å². The van der Waals surface area contributed by atoms with Crippen molar-refractivity contribution in [1.29, 1.82) is 0 Å². The van der Waals surface area contributed by atoms with E-state index in [1.165, 1.54) is 12.1 Å². The van der Waals surface area contributed by atoms with Crippen LogP contribution in [0.2, 0.25) is 0 Å². The molecule has 0 saturated heterocycles. The van der Waals surface area contributed by atoms with Crippen LogP contribution in [-0.4, -0.2) is 52.8 Å². The summed E-state index contributed by atoms with van der Waals surface area (Å²) in [6, 6.07) is 13.8. The van der Waals surface area contributed by atoms with E-state index in [1.807, 2.05) is 37.3 Å². The summed E-state index contributed by atoms with van der Waals surface area (Å²) >= 11 is 0. The quantitative estimate of drug-likeness (QED) is 0.664. The van der Waals surface area contributed by atoms with Crippen molar-refractivity contribution in [3.05, 3.63) is 82.8 Å². The molecule has 34 heavy (non-hydrogen) atoms. The fourth-order valence-corrected chi connectivity index (χ4v) is 4.71. The van der Waals surface area contributed by atoms with Crippen molar-refractivity contribution in [3.63, 3.8) is 0 Å². The highest BCUT2D eigenvalue weighted by Gasteiger charge is 2.47. The summed E-state index contributed by atoms with van der Waals surface area (Å²) in [6.45, 7) is 2.40. The molecule has 176 valence electrons. The number of halogens is 1. The van der Waals surface area contributed by atoms with E-state index < -0.39 is 17.9 Å². The molecular formula is C26H27FN4O3. The van der Waals surface area contributed by atoms with Crippen LogP contribution >= 0.6 is 0 Å². The Morgan fingerprint density at radius 2 is 1.82 bits per heavy atom. The number of nitrogens with one attached hydrogen (secondary N) is 2. The van der Waals surface area contributed by atoms with Crippen LogP contribution in [-0.2, 0) is 16.0 Å². The van der Waals surface area contributed by atoms with E-state index >= 15 is 0 Å². The molecular weight excluding hydrogens is 435 g/mol. The first-order valence-corrected chi connectivity index (χ1v) is 11.7. The van der Waals surface area contributed by atoms with Gasteiger partial charge >= 0.3 is 6.03 Å². The standard InChI is InChI=1S/C26H27FN4O3/c1-2-30-21-15-31(20(24(32)28-19-12-13-19)14-16-6-4-3-5-7-16)25(33)22(21)23(29-26(30)34)17-8-10-18(27)11-9-17/h3-11,19-20,23H,2,12-15H2,1H3,(H,28,32)(H,29,34)/t20-,23+/m0/s1. The molecule has 0 unspecified atom stereocenters. The lowest BCUT2D eigenvalue weighted by molar-refractivity contribution is -0.136. The summed E-state index contributed by atoms with van der Waals surface area (Å²) < 4.78 is 13.5. The van der Waals surface area contributed by atoms with Crippen LogP contribution in [0, 0.1) is 5.82 Å². The van der Waals surface area contributed by atoms with E-state index in [9.17, 15) is 18.8 Å². The average Bonchev–Trinajstić information content (AvgIpc) is 3.59. The maximum Gasteiger partial charge on any atom is 0.322 e. The van der Waals surface area contributed by atoms with Crippen LogP contribution in [0.3, 0.4) is 0 Å². The van der Waals surface area contributed by atoms with Crippen LogP contribution in [0.25, 0.3) is 0 Å². The molecule has 3 aliphatic rings. The van der Waals surface area contributed by atoms with Crippen molar-refractivity contribution in [2.45, 2.75) is 44.3 Å². The third-order valence-electron chi connectivity index (χ3n) is 6.64. The Labute approximate surface area is 197 Å². The van der Waals surface area contributed by atoms with E-state index in [4.69, 9.17) is 0 Å². The van der Waals surface area contributed by atoms with Gasteiger partial charge in [-0.25, -0.2) is 9.18 Å². The van der Waals surface area contributed by atoms with Crippen molar-refractivity contribution in [2.75, 3.05) is 13.1 Å². The highest BCUT2D eigenvalue weighted by atomic mass is 19.1. The van der Waals surface area contributed by atoms with Crippen molar-refractivity contribution in [2.24, 2.45) is 0 Å². The largest absolute Gasteiger partial charge is 0.352 e. The highest BCUT2D eigenvalue weighted by Crippen LogP contribution is 2.37. The van der Waals surface area contributed by atoms with E-state index in [1.54, 1.807) is 21.9 Å². The van der Waals surface area contributed by atoms with Gasteiger partial charge in [-0.15, -0.1) is 0 Å². The number of nitrogens with zero attached hydrogens (tertiary/aromatic N) is 2. The van der Waals surface area contributed by atoms with Gasteiger partial charge in [-0.3, -0.25) is 14.5 Å². The molecule has 5 rings (SSSR count). The Kier molecular flexibility index (Phi) is 5.81. The lowest BCUT2D eigenvalue weighted by Crippen LogP contribution is -2.50. The number of carbonyl (C=O) groups excluding carboxylic acids is 3. The Hall–Kier alpha value is -3.68. The molecule has 1 fully saturated rings. The lowest BCUT2D eigenvalue weighted by atomic mass is 9.95. The summed E-state index contributed by atoms with van der Waals surface area (Å²) in [5.41, 5.74) is 2.61. The molecule has 1 aliphatic carbocycles. The average molecular weight is 463 g/mol. The van der Waals surface area contributed by atoms with Crippen LogP contribution < -0.4 is 10.6 Å². The van der Waals surface area contributed by atoms with E-state index in [0.717, 1.165) is 18.4 Å². The number of likely N-dealkylation sites (N-methyl/N-ethyl adjacent to an activating group) is 1. The number of benzene rings is 2. The lowest BCUT2D eigenvalue weighted by Gasteiger charge is -2.32. The molecule has 2 heterocycles. The van der Waals surface area contributed by atoms with Gasteiger partial charge in [-0.1, -0.05) is 42.5 Å². The Morgan fingerprint density at radius 3 is 2.47 bits per heavy atom. The molecule has 0 aromatic heterocycles. The molecule has 8 heteroatoms. The third kappa shape index (κ3) is 4.16. The fraction of sp³-hybridized carbons (Fsp3) is 0.346. The molecule has 2 atom stereocenters. The third-order valence-corrected chi connectivity index (χ3v) is 6.64. The number of hydrogen-bond donors (Lipinski definition) is 2. The van der Waals surface area contributed by atoms with Crippen molar-refractivity contribution < 1.29 is 18.8 Å². The van der Waals surface area contributed by atoms with Crippen LogP contribution in [0.15, 0.2) is 65.9 Å². The SMILES string of the molecule is CCN1C(=O)N[C@H](c2ccc(F)cc2)C2=C1CN([C@@H](Cc1ccccc1)C(=O)NC1CC1)C2=O. The van der Waals surface area contributed by atoms with Gasteiger partial charge in [0.2, 0.25) is 5.91 Å². The first kappa shape index (κ1) is 22.1. The smallest absolute Gasteiger partial charge is 0.322 e. The maximum atomic E-state index is 13.8. The Morgan fingerprint density at radius 1 is 1.12 bits per heavy atom. The maximum absolute atomic E-state index is 13.8. The van der Waals surface area contributed by atoms with Crippen molar-refractivity contribution >= 4 is 17.8 Å². The molecule has 0 spiro atoms. The molecule has 2 aromatic rings. The number of amides is 4. The Bertz CT molecular complexity index is 1140. The molecule has 2 aromatic carbocycles. The van der Waals surface area contributed by atoms with Crippen molar-refractivity contribution in [3.8, 4) is 0 Å². The predicted octanol–water partition coefficient (Wildman–Crippen LogP) is 2.90. The van der Waals surface area contributed by atoms with Crippen LogP contribution in [0.1, 0.15) is 36.9 Å². The minimum absolute atomic E-state index is 0.161. The number of rotatable bonds is 7. The number of hydrogen-bond acceptors (Lipinski definition) is 3. The monoisotopic (exact) mass is 462 g/mol. The topological polar surface area (TPSA) is 81.8 Å². The summed E-state index contributed by atoms with van der Waals surface area (Å²) in [5, 5.41) is 5.94. The molecule has 2 N–H and O–H groups in total. The summed E-state index contributed by atoms with van der Waals surface area (Å²) in [6.07, 6.45) is 2.27. The second kappa shape index (κ2) is 8.93. The summed E-state index contributed by atoms with van der Waals surface area (Å²) in [5.74, 6) is -0.857. The molecule has 7 nitrogen and oxygen atoms in total. The van der Waals surface area contributed by atoms with Gasteiger partial charge in [-0.2, -0.15) is 0 Å². The molecule has 0 radical (unpaired) electrons. The number of carbonyl (C=O) groups is 3. The Balaban J connectivity index is 1.50. The van der Waals surface area contributed by atoms with Gasteiger partial charge in [0.25, 0.3) is 5.91 Å². The summed E-state index contributed by atoms with van der Waals surface area (Å²) in [7, 11) is 0. The van der Waals surface area contributed by atoms with Crippen LogP contribution in [0.4, 0.5) is 9.18 Å². The van der Waals surface area contributed by atoms with Gasteiger partial charge in [0, 0.05) is 19.0 Å². The predicted molar refractivity (Wildman–Crippen MR) is 124 cm³/mol. The minimum atomic E-state index is -0.705. The second-order valence-electron chi connectivity index (χ2n) is 8.96.